The highest BCUT2D eigenvalue weighted by Gasteiger charge is 2.01. The van der Waals surface area contributed by atoms with Crippen molar-refractivity contribution < 1.29 is 9.47 Å². The summed E-state index contributed by atoms with van der Waals surface area (Å²) in [6, 6.07) is 11.6. The van der Waals surface area contributed by atoms with Crippen LogP contribution < -0.4 is 14.9 Å². The fourth-order valence-corrected chi connectivity index (χ4v) is 1.51. The van der Waals surface area contributed by atoms with Crippen molar-refractivity contribution in [3.05, 3.63) is 48.8 Å². The smallest absolute Gasteiger partial charge is 0.161 e. The summed E-state index contributed by atoms with van der Waals surface area (Å²) in [6.07, 6.45) is 3.90. The lowest BCUT2D eigenvalue weighted by molar-refractivity contribution is 0.303. The summed E-state index contributed by atoms with van der Waals surface area (Å²) in [4.78, 5) is 0. The Labute approximate surface area is 101 Å². The van der Waals surface area contributed by atoms with Gasteiger partial charge < -0.3 is 14.9 Å². The fraction of sp³-hybridized carbons (Fsp3) is 0.231. The highest BCUT2D eigenvalue weighted by Crippen LogP contribution is 2.25. The monoisotopic (exact) mass is 232 g/mol. The molecule has 0 bridgehead atoms. The van der Waals surface area contributed by atoms with E-state index in [4.69, 9.17) is 9.47 Å². The van der Waals surface area contributed by atoms with Crippen LogP contribution in [-0.2, 0) is 0 Å². The molecule has 0 aliphatic rings. The van der Waals surface area contributed by atoms with Crippen LogP contribution in [0.5, 0.6) is 11.5 Å². The van der Waals surface area contributed by atoms with Crippen molar-refractivity contribution >= 4 is 0 Å². The Hall–Kier alpha value is -2.10. The molecule has 0 atom stereocenters. The first-order valence-electron chi connectivity index (χ1n) is 5.53. The van der Waals surface area contributed by atoms with Crippen molar-refractivity contribution in [1.82, 2.24) is 4.68 Å². The number of hydrogen-bond acceptors (Lipinski definition) is 3. The molecule has 2 rings (SSSR count). The Morgan fingerprint density at radius 1 is 1.06 bits per heavy atom. The van der Waals surface area contributed by atoms with E-state index in [9.17, 15) is 0 Å². The fourth-order valence-electron chi connectivity index (χ4n) is 1.51. The van der Waals surface area contributed by atoms with Crippen LogP contribution in [-0.4, -0.2) is 24.9 Å². The van der Waals surface area contributed by atoms with Crippen LogP contribution in [0.15, 0.2) is 48.8 Å². The van der Waals surface area contributed by atoms with Crippen molar-refractivity contribution in [2.75, 3.05) is 25.7 Å². The van der Waals surface area contributed by atoms with Crippen LogP contribution in [0.3, 0.4) is 0 Å². The third-order valence-electron chi connectivity index (χ3n) is 2.33. The number of nitrogens with one attached hydrogen (secondary N) is 1. The van der Waals surface area contributed by atoms with E-state index in [1.54, 1.807) is 7.11 Å². The Kier molecular flexibility index (Phi) is 3.91. The van der Waals surface area contributed by atoms with Gasteiger partial charge in [-0.2, -0.15) is 0 Å². The molecule has 2 aromatic rings. The number of ether oxygens (including phenoxy) is 2. The van der Waals surface area contributed by atoms with Crippen molar-refractivity contribution in [1.29, 1.82) is 0 Å². The zero-order chi connectivity index (χ0) is 11.9. The van der Waals surface area contributed by atoms with Crippen LogP contribution in [0.2, 0.25) is 0 Å². The molecule has 0 fully saturated rings. The van der Waals surface area contributed by atoms with Crippen molar-refractivity contribution in [3.8, 4) is 11.5 Å². The highest BCUT2D eigenvalue weighted by molar-refractivity contribution is 5.39. The lowest BCUT2D eigenvalue weighted by atomic mass is 10.3. The number of benzene rings is 1. The zero-order valence-corrected chi connectivity index (χ0v) is 9.80. The number of rotatable bonds is 6. The van der Waals surface area contributed by atoms with Gasteiger partial charge in [-0.15, -0.1) is 0 Å². The van der Waals surface area contributed by atoms with Crippen LogP contribution in [0.25, 0.3) is 0 Å². The van der Waals surface area contributed by atoms with E-state index in [0.29, 0.717) is 6.61 Å². The summed E-state index contributed by atoms with van der Waals surface area (Å²) >= 11 is 0. The molecule has 0 aliphatic carbocycles. The molecule has 0 saturated heterocycles. The standard InChI is InChI=1S/C13H16N2O2/c1-16-12-6-2-3-7-13(12)17-11-8-14-15-9-4-5-10-15/h2-7,9-10,14H,8,11H2,1H3. The molecule has 0 unspecified atom stereocenters. The van der Waals surface area contributed by atoms with Crippen LogP contribution in [0, 0.1) is 0 Å². The summed E-state index contributed by atoms with van der Waals surface area (Å²) in [5, 5.41) is 0. The maximum atomic E-state index is 5.63. The second-order valence-corrected chi connectivity index (χ2v) is 3.50. The van der Waals surface area contributed by atoms with E-state index in [2.05, 4.69) is 5.43 Å². The van der Waals surface area contributed by atoms with E-state index in [1.165, 1.54) is 0 Å². The molecule has 17 heavy (non-hydrogen) atoms. The predicted octanol–water partition coefficient (Wildman–Crippen LogP) is 2.12. The molecule has 1 heterocycles. The molecule has 4 heteroatoms. The van der Waals surface area contributed by atoms with Gasteiger partial charge in [0.2, 0.25) is 0 Å². The van der Waals surface area contributed by atoms with Gasteiger partial charge in [-0.25, -0.2) is 0 Å². The van der Waals surface area contributed by atoms with Crippen molar-refractivity contribution in [3.63, 3.8) is 0 Å². The normalized spacial score (nSPS) is 9.94. The maximum absolute atomic E-state index is 5.63. The summed E-state index contributed by atoms with van der Waals surface area (Å²) in [5.41, 5.74) is 3.18. The third kappa shape index (κ3) is 3.17. The van der Waals surface area contributed by atoms with Gasteiger partial charge in [0.25, 0.3) is 0 Å². The minimum absolute atomic E-state index is 0.582. The van der Waals surface area contributed by atoms with Gasteiger partial charge in [0.1, 0.15) is 6.61 Å². The number of nitrogens with zero attached hydrogens (tertiary/aromatic N) is 1. The Bertz CT molecular complexity index is 440. The molecule has 90 valence electrons. The Balaban J connectivity index is 1.78. The molecular formula is C13H16N2O2. The van der Waals surface area contributed by atoms with Gasteiger partial charge in [0.15, 0.2) is 11.5 Å². The Morgan fingerprint density at radius 3 is 2.47 bits per heavy atom. The van der Waals surface area contributed by atoms with E-state index in [1.807, 2.05) is 53.5 Å². The number of aromatic nitrogens is 1. The lowest BCUT2D eigenvalue weighted by Gasteiger charge is -2.11. The molecule has 1 aromatic carbocycles. The zero-order valence-electron chi connectivity index (χ0n) is 9.80. The Morgan fingerprint density at radius 2 is 1.76 bits per heavy atom. The number of methoxy groups -OCH3 is 1. The topological polar surface area (TPSA) is 35.4 Å². The van der Waals surface area contributed by atoms with Crippen molar-refractivity contribution in [2.24, 2.45) is 0 Å². The summed E-state index contributed by atoms with van der Waals surface area (Å²) in [7, 11) is 1.64. The molecule has 0 radical (unpaired) electrons. The van der Waals surface area contributed by atoms with E-state index in [-0.39, 0.29) is 0 Å². The van der Waals surface area contributed by atoms with E-state index < -0.39 is 0 Å². The second kappa shape index (κ2) is 5.84. The number of para-hydroxylation sites is 2. The largest absolute Gasteiger partial charge is 0.493 e. The second-order valence-electron chi connectivity index (χ2n) is 3.50. The number of hydrogen-bond donors (Lipinski definition) is 1. The SMILES string of the molecule is COc1ccccc1OCCNn1cccc1. The van der Waals surface area contributed by atoms with Gasteiger partial charge in [-0.1, -0.05) is 12.1 Å². The first kappa shape index (κ1) is 11.4. The van der Waals surface area contributed by atoms with Crippen LogP contribution in [0.4, 0.5) is 0 Å². The molecule has 0 saturated carbocycles. The quantitative estimate of drug-likeness (QED) is 0.775. The van der Waals surface area contributed by atoms with Crippen LogP contribution >= 0.6 is 0 Å². The first-order chi connectivity index (χ1) is 8.40. The summed E-state index contributed by atoms with van der Waals surface area (Å²) < 4.78 is 12.7. The highest BCUT2D eigenvalue weighted by atomic mass is 16.5. The molecule has 1 N–H and O–H groups in total. The molecule has 0 spiro atoms. The van der Waals surface area contributed by atoms with Gasteiger partial charge >= 0.3 is 0 Å². The van der Waals surface area contributed by atoms with Gasteiger partial charge in [0, 0.05) is 12.4 Å². The average Bonchev–Trinajstić information content (AvgIpc) is 2.88. The first-order valence-corrected chi connectivity index (χ1v) is 5.53. The molecular weight excluding hydrogens is 216 g/mol. The molecule has 4 nitrogen and oxygen atoms in total. The molecule has 0 aliphatic heterocycles. The summed E-state index contributed by atoms with van der Waals surface area (Å²) in [6.45, 7) is 1.31. The van der Waals surface area contributed by atoms with E-state index >= 15 is 0 Å². The molecule has 0 amide bonds. The van der Waals surface area contributed by atoms with Gasteiger partial charge in [-0.05, 0) is 24.3 Å². The predicted molar refractivity (Wildman–Crippen MR) is 67.1 cm³/mol. The maximum Gasteiger partial charge on any atom is 0.161 e. The van der Waals surface area contributed by atoms with Crippen LogP contribution in [0.1, 0.15) is 0 Å². The minimum atomic E-state index is 0.582. The minimum Gasteiger partial charge on any atom is -0.493 e. The third-order valence-corrected chi connectivity index (χ3v) is 2.33. The molecule has 1 aromatic heterocycles. The summed E-state index contributed by atoms with van der Waals surface area (Å²) in [5.74, 6) is 1.53. The van der Waals surface area contributed by atoms with Gasteiger partial charge in [-0.3, -0.25) is 4.68 Å². The van der Waals surface area contributed by atoms with Crippen molar-refractivity contribution in [2.45, 2.75) is 0 Å². The van der Waals surface area contributed by atoms with Gasteiger partial charge in [0.05, 0.1) is 13.7 Å². The van der Waals surface area contributed by atoms with E-state index in [0.717, 1.165) is 18.0 Å². The average molecular weight is 232 g/mol. The lowest BCUT2D eigenvalue weighted by Crippen LogP contribution is -2.19.